The lowest BCUT2D eigenvalue weighted by molar-refractivity contribution is 0.0531. The van der Waals surface area contributed by atoms with E-state index >= 15 is 0 Å². The zero-order valence-electron chi connectivity index (χ0n) is 12.2. The van der Waals surface area contributed by atoms with E-state index in [0.29, 0.717) is 30.3 Å². The van der Waals surface area contributed by atoms with Crippen LogP contribution in [0.15, 0.2) is 18.2 Å². The number of fused-ring (bicyclic) bond motifs is 1. The number of carbonyl (C=O) groups is 1. The van der Waals surface area contributed by atoms with Crippen molar-refractivity contribution in [2.24, 2.45) is 0 Å². The molecule has 1 aromatic heterocycles. The first-order chi connectivity index (χ1) is 10.2. The molecule has 0 radical (unpaired) electrons. The molecule has 1 aromatic carbocycles. The van der Waals surface area contributed by atoms with Crippen molar-refractivity contribution in [3.63, 3.8) is 0 Å². The first-order valence-corrected chi connectivity index (χ1v) is 7.47. The number of aromatic nitrogens is 2. The second kappa shape index (κ2) is 5.85. The largest absolute Gasteiger partial charge is 0.478 e. The Morgan fingerprint density at radius 2 is 2.19 bits per heavy atom. The highest BCUT2D eigenvalue weighted by Crippen LogP contribution is 2.23. The van der Waals surface area contributed by atoms with Crippen molar-refractivity contribution in [1.82, 2.24) is 9.55 Å². The number of carboxylic acid groups (broad SMARTS) is 1. The van der Waals surface area contributed by atoms with Gasteiger partial charge in [-0.15, -0.1) is 0 Å². The predicted molar refractivity (Wildman–Crippen MR) is 79.6 cm³/mol. The molecule has 0 saturated heterocycles. The van der Waals surface area contributed by atoms with Crippen molar-refractivity contribution in [3.05, 3.63) is 29.6 Å². The monoisotopic (exact) mass is 288 g/mol. The van der Waals surface area contributed by atoms with Gasteiger partial charge >= 0.3 is 5.97 Å². The summed E-state index contributed by atoms with van der Waals surface area (Å²) in [5, 5.41) is 9.34. The fourth-order valence-corrected chi connectivity index (χ4v) is 3.11. The number of hydrogen-bond donors (Lipinski definition) is 1. The van der Waals surface area contributed by atoms with E-state index in [4.69, 9.17) is 4.74 Å². The number of benzene rings is 1. The van der Waals surface area contributed by atoms with Gasteiger partial charge in [0, 0.05) is 6.54 Å². The summed E-state index contributed by atoms with van der Waals surface area (Å²) in [5.41, 5.74) is 1.72. The fourth-order valence-electron chi connectivity index (χ4n) is 3.11. The third-order valence-electron chi connectivity index (χ3n) is 4.16. The number of para-hydroxylation sites is 1. The number of carboxylic acids is 1. The van der Waals surface area contributed by atoms with E-state index in [9.17, 15) is 9.90 Å². The molecule has 1 heterocycles. The maximum Gasteiger partial charge on any atom is 0.337 e. The Labute approximate surface area is 123 Å². The van der Waals surface area contributed by atoms with E-state index < -0.39 is 5.97 Å². The van der Waals surface area contributed by atoms with Gasteiger partial charge in [0.05, 0.1) is 29.3 Å². The van der Waals surface area contributed by atoms with Crippen LogP contribution in [0, 0.1) is 6.92 Å². The highest BCUT2D eigenvalue weighted by molar-refractivity contribution is 6.01. The van der Waals surface area contributed by atoms with Gasteiger partial charge in [0.1, 0.15) is 5.82 Å². The summed E-state index contributed by atoms with van der Waals surface area (Å²) >= 11 is 0. The fraction of sp³-hybridized carbons (Fsp3) is 0.500. The summed E-state index contributed by atoms with van der Waals surface area (Å²) in [7, 11) is 0. The Hall–Kier alpha value is -1.88. The number of imidazole rings is 1. The Morgan fingerprint density at radius 1 is 1.43 bits per heavy atom. The third-order valence-corrected chi connectivity index (χ3v) is 4.16. The van der Waals surface area contributed by atoms with Gasteiger partial charge in [-0.2, -0.15) is 0 Å². The van der Waals surface area contributed by atoms with Crippen molar-refractivity contribution in [3.8, 4) is 0 Å². The maximum atomic E-state index is 11.4. The Kier molecular flexibility index (Phi) is 3.92. The summed E-state index contributed by atoms with van der Waals surface area (Å²) in [6.45, 7) is 3.15. The summed E-state index contributed by atoms with van der Waals surface area (Å²) in [6, 6.07) is 5.21. The smallest absolute Gasteiger partial charge is 0.337 e. The average molecular weight is 288 g/mol. The van der Waals surface area contributed by atoms with E-state index in [1.54, 1.807) is 12.1 Å². The molecular formula is C16H20N2O3. The van der Waals surface area contributed by atoms with Crippen LogP contribution in [0.5, 0.6) is 0 Å². The van der Waals surface area contributed by atoms with Crippen LogP contribution < -0.4 is 0 Å². The minimum atomic E-state index is -0.918. The lowest BCUT2D eigenvalue weighted by atomic mass is 10.2. The van der Waals surface area contributed by atoms with Gasteiger partial charge in [0.25, 0.3) is 0 Å². The second-order valence-corrected chi connectivity index (χ2v) is 5.57. The van der Waals surface area contributed by atoms with Crippen LogP contribution in [0.2, 0.25) is 0 Å². The molecule has 1 fully saturated rings. The topological polar surface area (TPSA) is 64.3 Å². The lowest BCUT2D eigenvalue weighted by Crippen LogP contribution is -2.14. The quantitative estimate of drug-likeness (QED) is 0.918. The molecule has 1 saturated carbocycles. The molecule has 1 N–H and O–H groups in total. The normalized spacial score (nSPS) is 15.9. The van der Waals surface area contributed by atoms with Crippen molar-refractivity contribution < 1.29 is 14.6 Å². The molecule has 0 aliphatic heterocycles. The average Bonchev–Trinajstić information content (AvgIpc) is 3.06. The van der Waals surface area contributed by atoms with Gasteiger partial charge in [-0.25, -0.2) is 9.78 Å². The molecule has 1 aliphatic carbocycles. The van der Waals surface area contributed by atoms with Crippen molar-refractivity contribution >= 4 is 17.0 Å². The van der Waals surface area contributed by atoms with Crippen molar-refractivity contribution in [2.45, 2.75) is 45.3 Å². The number of nitrogens with zero attached hydrogens (tertiary/aromatic N) is 2. The van der Waals surface area contributed by atoms with Gasteiger partial charge in [-0.3, -0.25) is 0 Å². The van der Waals surface area contributed by atoms with Crippen molar-refractivity contribution in [1.29, 1.82) is 0 Å². The number of aryl methyl sites for hydroxylation is 1. The Balaban J connectivity index is 1.83. The zero-order chi connectivity index (χ0) is 14.8. The molecule has 2 aromatic rings. The number of aromatic carboxylic acids is 1. The first-order valence-electron chi connectivity index (χ1n) is 7.47. The SMILES string of the molecule is Cc1nc2cccc(C(=O)O)c2n1CCOC1CCCC1. The molecule has 5 nitrogen and oxygen atoms in total. The molecule has 112 valence electrons. The van der Waals surface area contributed by atoms with Gasteiger partial charge in [-0.1, -0.05) is 18.9 Å². The molecule has 5 heteroatoms. The van der Waals surface area contributed by atoms with Gasteiger partial charge in [-0.05, 0) is 31.9 Å². The maximum absolute atomic E-state index is 11.4. The van der Waals surface area contributed by atoms with Crippen LogP contribution >= 0.6 is 0 Å². The van der Waals surface area contributed by atoms with Crippen LogP contribution in [0.25, 0.3) is 11.0 Å². The van der Waals surface area contributed by atoms with E-state index in [0.717, 1.165) is 24.2 Å². The van der Waals surface area contributed by atoms with Gasteiger partial charge in [0.15, 0.2) is 0 Å². The van der Waals surface area contributed by atoms with Crippen LogP contribution in [-0.2, 0) is 11.3 Å². The molecule has 0 spiro atoms. The molecule has 0 amide bonds. The molecule has 0 atom stereocenters. The summed E-state index contributed by atoms with van der Waals surface area (Å²) < 4.78 is 7.84. The van der Waals surface area contributed by atoms with Crippen LogP contribution in [0.4, 0.5) is 0 Å². The second-order valence-electron chi connectivity index (χ2n) is 5.57. The van der Waals surface area contributed by atoms with Crippen molar-refractivity contribution in [2.75, 3.05) is 6.61 Å². The highest BCUT2D eigenvalue weighted by atomic mass is 16.5. The highest BCUT2D eigenvalue weighted by Gasteiger charge is 2.17. The van der Waals surface area contributed by atoms with E-state index in [1.165, 1.54) is 12.8 Å². The Bertz CT molecular complexity index is 657. The first kappa shape index (κ1) is 14.1. The molecule has 21 heavy (non-hydrogen) atoms. The lowest BCUT2D eigenvalue weighted by Gasteiger charge is -2.13. The summed E-state index contributed by atoms with van der Waals surface area (Å²) in [4.78, 5) is 15.8. The molecule has 3 rings (SSSR count). The van der Waals surface area contributed by atoms with Gasteiger partial charge in [0.2, 0.25) is 0 Å². The summed E-state index contributed by atoms with van der Waals surface area (Å²) in [6.07, 6.45) is 5.16. The number of rotatable bonds is 5. The molecular weight excluding hydrogens is 268 g/mol. The van der Waals surface area contributed by atoms with Crippen LogP contribution in [-0.4, -0.2) is 33.3 Å². The molecule has 0 bridgehead atoms. The van der Waals surface area contributed by atoms with Gasteiger partial charge < -0.3 is 14.4 Å². The minimum Gasteiger partial charge on any atom is -0.478 e. The predicted octanol–water partition coefficient (Wildman–Crippen LogP) is 3.00. The standard InChI is InChI=1S/C16H20N2O3/c1-11-17-14-8-4-7-13(16(19)20)15(14)18(11)9-10-21-12-5-2-3-6-12/h4,7-8,12H,2-3,5-6,9-10H2,1H3,(H,19,20). The van der Waals surface area contributed by atoms with E-state index in [2.05, 4.69) is 4.98 Å². The zero-order valence-corrected chi connectivity index (χ0v) is 12.2. The number of hydrogen-bond acceptors (Lipinski definition) is 3. The van der Waals surface area contributed by atoms with E-state index in [1.807, 2.05) is 17.6 Å². The third kappa shape index (κ3) is 2.78. The van der Waals surface area contributed by atoms with E-state index in [-0.39, 0.29) is 0 Å². The van der Waals surface area contributed by atoms with Crippen LogP contribution in [0.3, 0.4) is 0 Å². The summed E-state index contributed by atoms with van der Waals surface area (Å²) in [5.74, 6) is -0.0906. The Morgan fingerprint density at radius 3 is 2.90 bits per heavy atom. The molecule has 1 aliphatic rings. The number of ether oxygens (including phenoxy) is 1. The molecule has 0 unspecified atom stereocenters. The van der Waals surface area contributed by atoms with Crippen LogP contribution in [0.1, 0.15) is 41.9 Å². The minimum absolute atomic E-state index is 0.300.